The molecule has 154 valence electrons. The van der Waals surface area contributed by atoms with Crippen LogP contribution in [0.1, 0.15) is 45.7 Å². The summed E-state index contributed by atoms with van der Waals surface area (Å²) in [5.41, 5.74) is 3.00. The van der Waals surface area contributed by atoms with Crippen molar-refractivity contribution in [3.05, 3.63) is 70.8 Å². The molecule has 0 spiro atoms. The summed E-state index contributed by atoms with van der Waals surface area (Å²) >= 11 is 0. The van der Waals surface area contributed by atoms with Crippen molar-refractivity contribution in [2.45, 2.75) is 33.0 Å². The Morgan fingerprint density at radius 3 is 2.00 bits per heavy atom. The van der Waals surface area contributed by atoms with Crippen molar-refractivity contribution in [3.63, 3.8) is 0 Å². The van der Waals surface area contributed by atoms with Crippen molar-refractivity contribution < 1.29 is 14.4 Å². The zero-order chi connectivity index (χ0) is 21.4. The number of nitrogens with zero attached hydrogens (tertiary/aromatic N) is 1. The van der Waals surface area contributed by atoms with E-state index in [0.717, 1.165) is 11.1 Å². The van der Waals surface area contributed by atoms with Crippen LogP contribution in [0.5, 0.6) is 0 Å². The molecule has 0 aromatic heterocycles. The topological polar surface area (TPSA) is 90.5 Å². The van der Waals surface area contributed by atoms with Crippen LogP contribution in [0.15, 0.2) is 48.5 Å². The highest BCUT2D eigenvalue weighted by atomic mass is 16.2. The van der Waals surface area contributed by atoms with Gasteiger partial charge in [-0.05, 0) is 49.2 Å². The Balaban J connectivity index is 1.92. The third-order valence-electron chi connectivity index (χ3n) is 4.28. The van der Waals surface area contributed by atoms with Crippen LogP contribution < -0.4 is 16.0 Å². The van der Waals surface area contributed by atoms with E-state index in [1.807, 2.05) is 38.1 Å². The molecule has 2 aromatic carbocycles. The standard InChI is InChI=1S/C22H28N4O3/c1-15(2)25-22(29)24-13-16-5-11-19(12-6-16)21(28)26(4)14-17-7-9-18(10-8-17)20(27)23-3/h5-12,15H,13-14H2,1-4H3,(H,23,27)(H2,24,25,29). The first kappa shape index (κ1) is 21.9. The van der Waals surface area contributed by atoms with E-state index in [1.54, 1.807) is 43.3 Å². The smallest absolute Gasteiger partial charge is 0.315 e. The van der Waals surface area contributed by atoms with Gasteiger partial charge in [0.25, 0.3) is 11.8 Å². The first-order valence-electron chi connectivity index (χ1n) is 9.50. The lowest BCUT2D eigenvalue weighted by atomic mass is 10.1. The van der Waals surface area contributed by atoms with Crippen LogP contribution in [-0.4, -0.2) is 42.9 Å². The maximum atomic E-state index is 12.7. The van der Waals surface area contributed by atoms with E-state index in [2.05, 4.69) is 16.0 Å². The van der Waals surface area contributed by atoms with Gasteiger partial charge in [-0.25, -0.2) is 4.79 Å². The first-order chi connectivity index (χ1) is 13.8. The number of hydrogen-bond acceptors (Lipinski definition) is 3. The Kier molecular flexibility index (Phi) is 7.77. The van der Waals surface area contributed by atoms with Crippen LogP contribution in [0.25, 0.3) is 0 Å². The molecular weight excluding hydrogens is 368 g/mol. The van der Waals surface area contributed by atoms with Gasteiger partial charge in [-0.3, -0.25) is 9.59 Å². The molecule has 0 atom stereocenters. The molecule has 7 heteroatoms. The van der Waals surface area contributed by atoms with Crippen LogP contribution in [0.4, 0.5) is 4.79 Å². The molecule has 4 amide bonds. The van der Waals surface area contributed by atoms with Crippen molar-refractivity contribution in [1.29, 1.82) is 0 Å². The second kappa shape index (κ2) is 10.3. The second-order valence-electron chi connectivity index (χ2n) is 7.12. The second-order valence-corrected chi connectivity index (χ2v) is 7.12. The molecule has 2 aromatic rings. The Bertz CT molecular complexity index is 845. The zero-order valence-electron chi connectivity index (χ0n) is 17.3. The maximum Gasteiger partial charge on any atom is 0.315 e. The summed E-state index contributed by atoms with van der Waals surface area (Å²) in [6.45, 7) is 4.62. The van der Waals surface area contributed by atoms with Crippen molar-refractivity contribution in [2.24, 2.45) is 0 Å². The molecule has 0 bridgehead atoms. The molecule has 0 saturated heterocycles. The summed E-state index contributed by atoms with van der Waals surface area (Å²) in [5, 5.41) is 8.12. The minimum Gasteiger partial charge on any atom is -0.355 e. The average Bonchev–Trinajstić information content (AvgIpc) is 2.71. The van der Waals surface area contributed by atoms with Crippen LogP contribution in [0.3, 0.4) is 0 Å². The van der Waals surface area contributed by atoms with E-state index in [0.29, 0.717) is 24.2 Å². The molecule has 3 N–H and O–H groups in total. The molecule has 29 heavy (non-hydrogen) atoms. The third-order valence-corrected chi connectivity index (χ3v) is 4.28. The summed E-state index contributed by atoms with van der Waals surface area (Å²) in [6.07, 6.45) is 0. The number of benzene rings is 2. The lowest BCUT2D eigenvalue weighted by molar-refractivity contribution is 0.0784. The van der Waals surface area contributed by atoms with Gasteiger partial charge in [0.1, 0.15) is 0 Å². The third kappa shape index (κ3) is 6.64. The van der Waals surface area contributed by atoms with Gasteiger partial charge in [-0.15, -0.1) is 0 Å². The highest BCUT2D eigenvalue weighted by Gasteiger charge is 2.13. The number of nitrogens with one attached hydrogen (secondary N) is 3. The Morgan fingerprint density at radius 2 is 1.45 bits per heavy atom. The number of amides is 4. The summed E-state index contributed by atoms with van der Waals surface area (Å²) in [7, 11) is 3.32. The van der Waals surface area contributed by atoms with E-state index < -0.39 is 0 Å². The number of urea groups is 1. The minimum absolute atomic E-state index is 0.0746. The molecule has 0 unspecified atom stereocenters. The SMILES string of the molecule is CNC(=O)c1ccc(CN(C)C(=O)c2ccc(CNC(=O)NC(C)C)cc2)cc1. The monoisotopic (exact) mass is 396 g/mol. The lowest BCUT2D eigenvalue weighted by Crippen LogP contribution is -2.39. The molecule has 0 saturated carbocycles. The Labute approximate surface area is 171 Å². The molecule has 0 aliphatic heterocycles. The van der Waals surface area contributed by atoms with Crippen molar-refractivity contribution in [1.82, 2.24) is 20.9 Å². The fourth-order valence-corrected chi connectivity index (χ4v) is 2.73. The molecule has 0 aliphatic carbocycles. The summed E-state index contributed by atoms with van der Waals surface area (Å²) in [6, 6.07) is 14.2. The highest BCUT2D eigenvalue weighted by Crippen LogP contribution is 2.11. The van der Waals surface area contributed by atoms with Gasteiger partial charge in [0, 0.05) is 44.4 Å². The highest BCUT2D eigenvalue weighted by molar-refractivity contribution is 5.94. The Hall–Kier alpha value is -3.35. The van der Waals surface area contributed by atoms with Gasteiger partial charge >= 0.3 is 6.03 Å². The van der Waals surface area contributed by atoms with E-state index in [-0.39, 0.29) is 23.9 Å². The first-order valence-corrected chi connectivity index (χ1v) is 9.50. The predicted octanol–water partition coefficient (Wildman–Crippen LogP) is 2.53. The molecule has 0 fully saturated rings. The largest absolute Gasteiger partial charge is 0.355 e. The number of carbonyl (C=O) groups is 3. The predicted molar refractivity (Wildman–Crippen MR) is 113 cm³/mol. The van der Waals surface area contributed by atoms with Crippen LogP contribution in [0, 0.1) is 0 Å². The van der Waals surface area contributed by atoms with Gasteiger partial charge < -0.3 is 20.9 Å². The summed E-state index contributed by atoms with van der Waals surface area (Å²) < 4.78 is 0. The van der Waals surface area contributed by atoms with Crippen molar-refractivity contribution in [3.8, 4) is 0 Å². The minimum atomic E-state index is -0.220. The van der Waals surface area contributed by atoms with Gasteiger partial charge in [0.15, 0.2) is 0 Å². The number of carbonyl (C=O) groups excluding carboxylic acids is 3. The van der Waals surface area contributed by atoms with Gasteiger partial charge in [0.2, 0.25) is 0 Å². The van der Waals surface area contributed by atoms with Crippen LogP contribution in [-0.2, 0) is 13.1 Å². The number of rotatable bonds is 7. The van der Waals surface area contributed by atoms with Gasteiger partial charge in [-0.1, -0.05) is 24.3 Å². The molecule has 0 heterocycles. The summed E-state index contributed by atoms with van der Waals surface area (Å²) in [5.74, 6) is -0.241. The lowest BCUT2D eigenvalue weighted by Gasteiger charge is -2.18. The van der Waals surface area contributed by atoms with Gasteiger partial charge in [-0.2, -0.15) is 0 Å². The van der Waals surface area contributed by atoms with Crippen LogP contribution in [0.2, 0.25) is 0 Å². The van der Waals surface area contributed by atoms with E-state index in [1.165, 1.54) is 0 Å². The zero-order valence-corrected chi connectivity index (χ0v) is 17.3. The molecular formula is C22H28N4O3. The molecule has 0 aliphatic rings. The average molecular weight is 396 g/mol. The fraction of sp³-hybridized carbons (Fsp3) is 0.318. The van der Waals surface area contributed by atoms with E-state index in [4.69, 9.17) is 0 Å². The van der Waals surface area contributed by atoms with Crippen LogP contribution >= 0.6 is 0 Å². The summed E-state index contributed by atoms with van der Waals surface area (Å²) in [4.78, 5) is 37.5. The molecule has 0 radical (unpaired) electrons. The van der Waals surface area contributed by atoms with Gasteiger partial charge in [0.05, 0.1) is 0 Å². The maximum absolute atomic E-state index is 12.7. The van der Waals surface area contributed by atoms with Crippen molar-refractivity contribution >= 4 is 17.8 Å². The fourth-order valence-electron chi connectivity index (χ4n) is 2.73. The van der Waals surface area contributed by atoms with Crippen molar-refractivity contribution in [2.75, 3.05) is 14.1 Å². The Morgan fingerprint density at radius 1 is 0.897 bits per heavy atom. The van der Waals surface area contributed by atoms with E-state index >= 15 is 0 Å². The quantitative estimate of drug-likeness (QED) is 0.672. The normalized spacial score (nSPS) is 10.4. The van der Waals surface area contributed by atoms with E-state index in [9.17, 15) is 14.4 Å². The molecule has 7 nitrogen and oxygen atoms in total. The number of hydrogen-bond donors (Lipinski definition) is 3. The molecule has 2 rings (SSSR count).